The molecule has 0 aliphatic heterocycles. The van der Waals surface area contributed by atoms with Crippen LogP contribution in [0.15, 0.2) is 30.9 Å². The van der Waals surface area contributed by atoms with Crippen molar-refractivity contribution < 1.29 is 17.9 Å². The number of hydrogen-bond acceptors (Lipinski definition) is 3. The summed E-state index contributed by atoms with van der Waals surface area (Å²) in [4.78, 5) is 0. The van der Waals surface area contributed by atoms with Crippen LogP contribution < -0.4 is 4.72 Å². The average molecular weight is 308 g/mol. The molecule has 106 valence electrons. The quantitative estimate of drug-likeness (QED) is 0.757. The third-order valence-corrected chi connectivity index (χ3v) is 4.10. The van der Waals surface area contributed by atoms with Crippen molar-refractivity contribution in [3.8, 4) is 0 Å². The Morgan fingerprint density at radius 1 is 1.53 bits per heavy atom. The Hall–Kier alpha value is -0.950. The van der Waals surface area contributed by atoms with E-state index in [0.29, 0.717) is 6.42 Å². The highest BCUT2D eigenvalue weighted by Crippen LogP contribution is 2.20. The van der Waals surface area contributed by atoms with Crippen LogP contribution in [-0.4, -0.2) is 25.8 Å². The monoisotopic (exact) mass is 307 g/mol. The second kappa shape index (κ2) is 7.00. The van der Waals surface area contributed by atoms with Gasteiger partial charge in [0.15, 0.2) is 0 Å². The van der Waals surface area contributed by atoms with Crippen molar-refractivity contribution in [3.05, 3.63) is 47.3 Å². The summed E-state index contributed by atoms with van der Waals surface area (Å²) in [5.41, 5.74) is 0.258. The van der Waals surface area contributed by atoms with Gasteiger partial charge in [-0.05, 0) is 24.1 Å². The molecule has 0 amide bonds. The van der Waals surface area contributed by atoms with Gasteiger partial charge in [-0.1, -0.05) is 23.7 Å². The molecule has 1 aromatic rings. The predicted octanol–water partition coefficient (Wildman–Crippen LogP) is 2.01. The van der Waals surface area contributed by atoms with Gasteiger partial charge < -0.3 is 5.11 Å². The van der Waals surface area contributed by atoms with Gasteiger partial charge >= 0.3 is 0 Å². The van der Waals surface area contributed by atoms with Crippen molar-refractivity contribution in [3.63, 3.8) is 0 Å². The maximum atomic E-state index is 13.2. The molecule has 0 saturated heterocycles. The molecule has 1 rings (SSSR count). The Bertz CT molecular complexity index is 548. The van der Waals surface area contributed by atoms with Gasteiger partial charge in [-0.25, -0.2) is 17.5 Å². The van der Waals surface area contributed by atoms with E-state index in [4.69, 9.17) is 11.6 Å². The Morgan fingerprint density at radius 3 is 2.79 bits per heavy atom. The number of benzene rings is 1. The minimum atomic E-state index is -3.47. The van der Waals surface area contributed by atoms with Crippen LogP contribution in [0.3, 0.4) is 0 Å². The van der Waals surface area contributed by atoms with Gasteiger partial charge in [0, 0.05) is 6.54 Å². The molecule has 0 spiro atoms. The highest BCUT2D eigenvalue weighted by molar-refractivity contribution is 7.89. The third-order valence-electron chi connectivity index (χ3n) is 2.42. The first-order chi connectivity index (χ1) is 8.85. The summed E-state index contributed by atoms with van der Waals surface area (Å²) in [5, 5.41) is 9.71. The average Bonchev–Trinajstić information content (AvgIpc) is 2.37. The first-order valence-corrected chi connectivity index (χ1v) is 7.60. The molecule has 7 heteroatoms. The summed E-state index contributed by atoms with van der Waals surface area (Å²) in [6.45, 7) is 3.21. The van der Waals surface area contributed by atoms with Gasteiger partial charge in [-0.2, -0.15) is 0 Å². The molecule has 19 heavy (non-hydrogen) atoms. The summed E-state index contributed by atoms with van der Waals surface area (Å²) in [5.74, 6) is -0.759. The first kappa shape index (κ1) is 16.1. The Labute approximate surface area is 117 Å². The van der Waals surface area contributed by atoms with Gasteiger partial charge in [0.1, 0.15) is 5.82 Å². The van der Waals surface area contributed by atoms with Crippen molar-refractivity contribution in [2.45, 2.75) is 12.5 Å². The lowest BCUT2D eigenvalue weighted by atomic mass is 10.1. The number of allylic oxidation sites excluding steroid dienone is 1. The van der Waals surface area contributed by atoms with Gasteiger partial charge in [-0.15, -0.1) is 6.58 Å². The molecule has 2 N–H and O–H groups in total. The Kier molecular flexibility index (Phi) is 5.93. The van der Waals surface area contributed by atoms with Crippen LogP contribution >= 0.6 is 11.6 Å². The molecular weight excluding hydrogens is 293 g/mol. The molecule has 0 aromatic heterocycles. The zero-order valence-electron chi connectivity index (χ0n) is 10.1. The van der Waals surface area contributed by atoms with E-state index in [1.165, 1.54) is 18.2 Å². The number of rotatable bonds is 7. The highest BCUT2D eigenvalue weighted by atomic mass is 35.5. The number of sulfonamides is 1. The lowest BCUT2D eigenvalue weighted by molar-refractivity contribution is 0.181. The zero-order chi connectivity index (χ0) is 14.5. The largest absolute Gasteiger partial charge is 0.387 e. The van der Waals surface area contributed by atoms with E-state index in [-0.39, 0.29) is 22.9 Å². The lowest BCUT2D eigenvalue weighted by Crippen LogP contribution is -2.30. The predicted molar refractivity (Wildman–Crippen MR) is 73.0 cm³/mol. The van der Waals surface area contributed by atoms with Crippen LogP contribution in [0.2, 0.25) is 5.02 Å². The normalized spacial score (nSPS) is 13.2. The van der Waals surface area contributed by atoms with E-state index >= 15 is 0 Å². The summed E-state index contributed by atoms with van der Waals surface area (Å²) in [6, 6.07) is 3.82. The molecule has 1 unspecified atom stereocenters. The molecular formula is C12H15ClFNO3S. The molecule has 0 radical (unpaired) electrons. The summed E-state index contributed by atoms with van der Waals surface area (Å²) >= 11 is 5.51. The van der Waals surface area contributed by atoms with E-state index in [1.54, 1.807) is 0 Å². The van der Waals surface area contributed by atoms with Gasteiger partial charge in [0.05, 0.1) is 16.9 Å². The van der Waals surface area contributed by atoms with E-state index in [0.717, 1.165) is 6.07 Å². The molecule has 0 aliphatic carbocycles. The summed E-state index contributed by atoms with van der Waals surface area (Å²) in [7, 11) is -3.47. The van der Waals surface area contributed by atoms with Gasteiger partial charge in [0.2, 0.25) is 10.0 Å². The molecule has 0 bridgehead atoms. The number of aliphatic hydroxyl groups is 1. The number of aliphatic hydroxyl groups excluding tert-OH is 1. The maximum Gasteiger partial charge on any atom is 0.211 e. The highest BCUT2D eigenvalue weighted by Gasteiger charge is 2.14. The maximum absolute atomic E-state index is 13.2. The number of halogens is 2. The van der Waals surface area contributed by atoms with Crippen LogP contribution in [-0.2, 0) is 10.0 Å². The van der Waals surface area contributed by atoms with Gasteiger partial charge in [0.25, 0.3) is 0 Å². The zero-order valence-corrected chi connectivity index (χ0v) is 11.7. The second-order valence-corrected chi connectivity index (χ2v) is 6.27. The molecule has 0 fully saturated rings. The Balaban J connectivity index is 2.62. The minimum absolute atomic E-state index is 0.0532. The fraction of sp³-hybridized carbons (Fsp3) is 0.333. The van der Waals surface area contributed by atoms with Crippen molar-refractivity contribution in [2.75, 3.05) is 12.3 Å². The fourth-order valence-corrected chi connectivity index (χ4v) is 2.50. The van der Waals surface area contributed by atoms with E-state index in [9.17, 15) is 17.9 Å². The van der Waals surface area contributed by atoms with Crippen LogP contribution in [0.5, 0.6) is 0 Å². The van der Waals surface area contributed by atoms with Crippen molar-refractivity contribution in [1.82, 2.24) is 4.72 Å². The lowest BCUT2D eigenvalue weighted by Gasteiger charge is -2.12. The number of nitrogens with one attached hydrogen (secondary N) is 1. The summed E-state index contributed by atoms with van der Waals surface area (Å²) in [6.07, 6.45) is 0.677. The summed E-state index contributed by atoms with van der Waals surface area (Å²) < 4.78 is 38.4. The van der Waals surface area contributed by atoms with Crippen LogP contribution in [0, 0.1) is 5.82 Å². The molecule has 0 heterocycles. The number of hydrogen-bond donors (Lipinski definition) is 2. The molecule has 1 aromatic carbocycles. The second-order valence-electron chi connectivity index (χ2n) is 3.93. The molecule has 0 saturated carbocycles. The topological polar surface area (TPSA) is 66.4 Å². The van der Waals surface area contributed by atoms with Crippen LogP contribution in [0.4, 0.5) is 4.39 Å². The van der Waals surface area contributed by atoms with E-state index in [1.807, 2.05) is 0 Å². The smallest absolute Gasteiger partial charge is 0.211 e. The molecule has 1 atom stereocenters. The first-order valence-electron chi connectivity index (χ1n) is 5.57. The van der Waals surface area contributed by atoms with Crippen LogP contribution in [0.1, 0.15) is 18.1 Å². The molecule has 0 aliphatic rings. The standard InChI is InChI=1S/C12H15ClFNO3S/c1-2-3-6-19(17,18)15-8-12(16)9-4-5-10(13)11(14)7-9/h2,4-5,7,12,15-16H,1,3,6,8H2. The Morgan fingerprint density at radius 2 is 2.21 bits per heavy atom. The van der Waals surface area contributed by atoms with Crippen molar-refractivity contribution in [1.29, 1.82) is 0 Å². The van der Waals surface area contributed by atoms with E-state index < -0.39 is 21.9 Å². The minimum Gasteiger partial charge on any atom is -0.387 e. The molecule has 4 nitrogen and oxygen atoms in total. The SMILES string of the molecule is C=CCCS(=O)(=O)NCC(O)c1ccc(Cl)c(F)c1. The third kappa shape index (κ3) is 5.28. The van der Waals surface area contributed by atoms with Gasteiger partial charge in [-0.3, -0.25) is 0 Å². The van der Waals surface area contributed by atoms with Crippen molar-refractivity contribution in [2.24, 2.45) is 0 Å². The fourth-order valence-electron chi connectivity index (χ4n) is 1.35. The van der Waals surface area contributed by atoms with Crippen molar-refractivity contribution >= 4 is 21.6 Å². The van der Waals surface area contributed by atoms with Crippen LogP contribution in [0.25, 0.3) is 0 Å². The van der Waals surface area contributed by atoms with E-state index in [2.05, 4.69) is 11.3 Å².